The van der Waals surface area contributed by atoms with Crippen LogP contribution >= 0.6 is 11.6 Å². The zero-order valence-corrected chi connectivity index (χ0v) is 17.6. The summed E-state index contributed by atoms with van der Waals surface area (Å²) in [4.78, 5) is 11.8. The number of rotatable bonds is 8. The van der Waals surface area contributed by atoms with Gasteiger partial charge >= 0.3 is 6.18 Å². The standard InChI is InChI=1S/C18H17ClF3N5O3S/c1-2-9-24-31(28,29)27-16-17(26-13-6-4-3-5-12(13)25-16)30-15(18(20,21)22)11-7-8-14(19)23-10-11/h3-8,10,15,24H,2,9H2,1H3,(H,25,27)/t15-/m0/s1. The van der Waals surface area contributed by atoms with Gasteiger partial charge in [-0.1, -0.05) is 36.7 Å². The molecule has 3 rings (SSSR count). The summed E-state index contributed by atoms with van der Waals surface area (Å²) >= 11 is 5.66. The third kappa shape index (κ3) is 5.93. The molecule has 3 aromatic rings. The number of hydrogen-bond acceptors (Lipinski definition) is 6. The molecule has 2 N–H and O–H groups in total. The number of aromatic nitrogens is 3. The Kier molecular flexibility index (Phi) is 6.82. The van der Waals surface area contributed by atoms with Gasteiger partial charge in [-0.15, -0.1) is 0 Å². The molecule has 0 aliphatic carbocycles. The van der Waals surface area contributed by atoms with E-state index in [2.05, 4.69) is 24.4 Å². The van der Waals surface area contributed by atoms with Gasteiger partial charge < -0.3 is 4.74 Å². The molecule has 2 heterocycles. The third-order valence-corrected chi connectivity index (χ3v) is 5.16. The number of fused-ring (bicyclic) bond motifs is 1. The molecule has 0 aliphatic rings. The first kappa shape index (κ1) is 23.0. The van der Waals surface area contributed by atoms with Crippen molar-refractivity contribution in [2.45, 2.75) is 25.6 Å². The summed E-state index contributed by atoms with van der Waals surface area (Å²) in [6.07, 6.45) is -5.92. The quantitative estimate of drug-likeness (QED) is 0.477. The molecule has 0 spiro atoms. The zero-order valence-electron chi connectivity index (χ0n) is 16.0. The SMILES string of the molecule is CCCNS(=O)(=O)Nc1nc2ccccc2nc1O[C@@H](c1ccc(Cl)nc1)C(F)(F)F. The van der Waals surface area contributed by atoms with Gasteiger partial charge in [0.1, 0.15) is 5.15 Å². The van der Waals surface area contributed by atoms with Crippen LogP contribution in [0.2, 0.25) is 5.15 Å². The molecule has 0 aliphatic heterocycles. The number of hydrogen-bond donors (Lipinski definition) is 2. The van der Waals surface area contributed by atoms with Crippen LogP contribution in [-0.4, -0.2) is 36.1 Å². The maximum atomic E-state index is 13.8. The lowest BCUT2D eigenvalue weighted by atomic mass is 10.1. The molecule has 13 heteroatoms. The number of pyridine rings is 1. The van der Waals surface area contributed by atoms with Crippen molar-refractivity contribution in [1.82, 2.24) is 19.7 Å². The molecule has 166 valence electrons. The van der Waals surface area contributed by atoms with Crippen molar-refractivity contribution >= 4 is 38.7 Å². The second kappa shape index (κ2) is 9.20. The van der Waals surface area contributed by atoms with Gasteiger partial charge in [-0.25, -0.2) is 15.0 Å². The van der Waals surface area contributed by atoms with E-state index in [0.29, 0.717) is 6.42 Å². The lowest BCUT2D eigenvalue weighted by Gasteiger charge is -2.22. The maximum Gasteiger partial charge on any atom is 0.429 e. The Labute approximate surface area is 181 Å². The highest BCUT2D eigenvalue weighted by Gasteiger charge is 2.44. The average Bonchev–Trinajstić information content (AvgIpc) is 2.70. The predicted molar refractivity (Wildman–Crippen MR) is 109 cm³/mol. The molecule has 0 bridgehead atoms. The molecular weight excluding hydrogens is 459 g/mol. The number of nitrogens with one attached hydrogen (secondary N) is 2. The Hall–Kier alpha value is -2.70. The van der Waals surface area contributed by atoms with Crippen LogP contribution in [0.1, 0.15) is 25.0 Å². The molecule has 1 aromatic carbocycles. The fraction of sp³-hybridized carbons (Fsp3) is 0.278. The van der Waals surface area contributed by atoms with E-state index >= 15 is 0 Å². The van der Waals surface area contributed by atoms with Gasteiger partial charge in [-0.05, 0) is 24.6 Å². The summed E-state index contributed by atoms with van der Waals surface area (Å²) in [5.41, 5.74) is 0.140. The van der Waals surface area contributed by atoms with Crippen molar-refractivity contribution in [2.75, 3.05) is 11.3 Å². The zero-order chi connectivity index (χ0) is 22.6. The number of alkyl halides is 3. The van der Waals surface area contributed by atoms with Crippen molar-refractivity contribution < 1.29 is 26.3 Å². The van der Waals surface area contributed by atoms with Crippen LogP contribution in [0.3, 0.4) is 0 Å². The summed E-state index contributed by atoms with van der Waals surface area (Å²) in [7, 11) is -4.12. The van der Waals surface area contributed by atoms with E-state index in [1.807, 2.05) is 0 Å². The number of halogens is 4. The molecule has 0 radical (unpaired) electrons. The van der Waals surface area contributed by atoms with Crippen molar-refractivity contribution in [1.29, 1.82) is 0 Å². The summed E-state index contributed by atoms with van der Waals surface area (Å²) in [5, 5.41) is 0.00520. The summed E-state index contributed by atoms with van der Waals surface area (Å²) < 4.78 is 75.3. The average molecular weight is 476 g/mol. The molecule has 0 fully saturated rings. The molecule has 0 unspecified atom stereocenters. The summed E-state index contributed by atoms with van der Waals surface area (Å²) in [6.45, 7) is 1.87. The van der Waals surface area contributed by atoms with Crippen LogP contribution < -0.4 is 14.2 Å². The van der Waals surface area contributed by atoms with E-state index < -0.39 is 34.2 Å². The minimum Gasteiger partial charge on any atom is -0.457 e. The fourth-order valence-electron chi connectivity index (χ4n) is 2.51. The first-order chi connectivity index (χ1) is 14.6. The van der Waals surface area contributed by atoms with Crippen molar-refractivity contribution in [2.24, 2.45) is 0 Å². The van der Waals surface area contributed by atoms with Gasteiger partial charge in [0, 0.05) is 18.3 Å². The van der Waals surface area contributed by atoms with Crippen LogP contribution in [0.5, 0.6) is 5.88 Å². The maximum absolute atomic E-state index is 13.8. The number of para-hydroxylation sites is 2. The van der Waals surface area contributed by atoms with Gasteiger partial charge in [0.2, 0.25) is 11.9 Å². The highest BCUT2D eigenvalue weighted by atomic mass is 35.5. The number of nitrogens with zero attached hydrogens (tertiary/aromatic N) is 3. The van der Waals surface area contributed by atoms with Gasteiger partial charge in [0.05, 0.1) is 11.0 Å². The second-order valence-electron chi connectivity index (χ2n) is 6.32. The minimum absolute atomic E-state index is 0.00520. The van der Waals surface area contributed by atoms with Crippen molar-refractivity contribution in [3.8, 4) is 5.88 Å². The molecule has 0 saturated heterocycles. The number of ether oxygens (including phenoxy) is 1. The predicted octanol–water partition coefficient (Wildman–Crippen LogP) is 4.02. The normalized spacial score (nSPS) is 13.2. The van der Waals surface area contributed by atoms with Crippen LogP contribution in [0.25, 0.3) is 11.0 Å². The van der Waals surface area contributed by atoms with Gasteiger partial charge in [-0.3, -0.25) is 4.72 Å². The lowest BCUT2D eigenvalue weighted by Crippen LogP contribution is -2.32. The summed E-state index contributed by atoms with van der Waals surface area (Å²) in [6, 6.07) is 8.57. The molecule has 0 amide bonds. The van der Waals surface area contributed by atoms with Crippen LogP contribution in [-0.2, 0) is 10.2 Å². The smallest absolute Gasteiger partial charge is 0.429 e. The van der Waals surface area contributed by atoms with E-state index in [1.54, 1.807) is 19.1 Å². The van der Waals surface area contributed by atoms with Crippen LogP contribution in [0.15, 0.2) is 42.6 Å². The van der Waals surface area contributed by atoms with Gasteiger partial charge in [-0.2, -0.15) is 26.3 Å². The van der Waals surface area contributed by atoms with Gasteiger partial charge in [0.15, 0.2) is 0 Å². The number of benzene rings is 1. The van der Waals surface area contributed by atoms with Crippen LogP contribution in [0, 0.1) is 0 Å². The molecule has 31 heavy (non-hydrogen) atoms. The highest BCUT2D eigenvalue weighted by Crippen LogP contribution is 2.38. The van der Waals surface area contributed by atoms with E-state index in [4.69, 9.17) is 16.3 Å². The minimum atomic E-state index is -4.86. The van der Waals surface area contributed by atoms with Crippen LogP contribution in [0.4, 0.5) is 19.0 Å². The Morgan fingerprint density at radius 1 is 1.13 bits per heavy atom. The Morgan fingerprint density at radius 3 is 2.39 bits per heavy atom. The first-order valence-electron chi connectivity index (χ1n) is 8.98. The second-order valence-corrected chi connectivity index (χ2v) is 8.21. The Bertz CT molecular complexity index is 1160. The van der Waals surface area contributed by atoms with E-state index in [0.717, 1.165) is 12.3 Å². The number of anilines is 1. The molecular formula is C18H17ClF3N5O3S. The molecule has 8 nitrogen and oxygen atoms in total. The summed E-state index contributed by atoms with van der Waals surface area (Å²) in [5.74, 6) is -1.13. The lowest BCUT2D eigenvalue weighted by molar-refractivity contribution is -0.198. The third-order valence-electron chi connectivity index (χ3n) is 3.89. The Morgan fingerprint density at radius 2 is 1.81 bits per heavy atom. The van der Waals surface area contributed by atoms with E-state index in [1.165, 1.54) is 18.2 Å². The molecule has 2 aromatic heterocycles. The molecule has 1 atom stereocenters. The fourth-order valence-corrected chi connectivity index (χ4v) is 3.55. The van der Waals surface area contributed by atoms with E-state index in [9.17, 15) is 21.6 Å². The highest BCUT2D eigenvalue weighted by molar-refractivity contribution is 7.90. The van der Waals surface area contributed by atoms with Crippen molar-refractivity contribution in [3.63, 3.8) is 0 Å². The van der Waals surface area contributed by atoms with E-state index in [-0.39, 0.29) is 28.3 Å². The monoisotopic (exact) mass is 475 g/mol. The van der Waals surface area contributed by atoms with Gasteiger partial charge in [0.25, 0.3) is 16.1 Å². The largest absolute Gasteiger partial charge is 0.457 e. The Balaban J connectivity index is 2.06. The molecule has 0 saturated carbocycles. The first-order valence-corrected chi connectivity index (χ1v) is 10.8. The van der Waals surface area contributed by atoms with Crippen molar-refractivity contribution in [3.05, 3.63) is 53.3 Å². The topological polar surface area (TPSA) is 106 Å².